The van der Waals surface area contributed by atoms with Crippen molar-refractivity contribution >= 4 is 6.47 Å². The van der Waals surface area contributed by atoms with Crippen LogP contribution >= 0.6 is 0 Å². The van der Waals surface area contributed by atoms with Crippen LogP contribution in [0.4, 0.5) is 0 Å². The van der Waals surface area contributed by atoms with Crippen LogP contribution in [0.2, 0.25) is 0 Å². The van der Waals surface area contributed by atoms with Gasteiger partial charge in [0, 0.05) is 13.0 Å². The Morgan fingerprint density at radius 3 is 2.83 bits per heavy atom. The molecule has 1 aromatic carbocycles. The lowest BCUT2D eigenvalue weighted by molar-refractivity contribution is -0.129. The van der Waals surface area contributed by atoms with Crippen LogP contribution in [0.3, 0.4) is 0 Å². The molecule has 0 spiro atoms. The number of ether oxygens (including phenoxy) is 3. The maximum Gasteiger partial charge on any atom is 0.293 e. The fourth-order valence-corrected chi connectivity index (χ4v) is 1.71. The maximum absolute atomic E-state index is 10.2. The molecule has 0 aliphatic rings. The van der Waals surface area contributed by atoms with E-state index in [0.29, 0.717) is 26.3 Å². The highest BCUT2D eigenvalue weighted by atomic mass is 16.5. The molecule has 100 valence electrons. The SMILES string of the molecule is CCC(COC=O)c1cccc(OCCOC)c1. The molecule has 0 amide bonds. The molecular formula is C14H20O4. The molecule has 0 saturated carbocycles. The summed E-state index contributed by atoms with van der Waals surface area (Å²) in [4.78, 5) is 10.2. The van der Waals surface area contributed by atoms with Crippen LogP contribution in [0.5, 0.6) is 5.75 Å². The van der Waals surface area contributed by atoms with Gasteiger partial charge in [-0.15, -0.1) is 0 Å². The van der Waals surface area contributed by atoms with Crippen molar-refractivity contribution in [2.45, 2.75) is 19.3 Å². The van der Waals surface area contributed by atoms with E-state index < -0.39 is 0 Å². The summed E-state index contributed by atoms with van der Waals surface area (Å²) in [6.45, 7) is 4.05. The molecule has 0 bridgehead atoms. The number of hydrogen-bond acceptors (Lipinski definition) is 4. The predicted octanol–water partition coefficient (Wildman–Crippen LogP) is 2.38. The minimum atomic E-state index is 0.209. The van der Waals surface area contributed by atoms with Crippen molar-refractivity contribution in [2.24, 2.45) is 0 Å². The van der Waals surface area contributed by atoms with Crippen molar-refractivity contribution in [1.82, 2.24) is 0 Å². The van der Waals surface area contributed by atoms with Gasteiger partial charge in [0.25, 0.3) is 6.47 Å². The topological polar surface area (TPSA) is 44.8 Å². The van der Waals surface area contributed by atoms with Crippen LogP contribution in [0.25, 0.3) is 0 Å². The van der Waals surface area contributed by atoms with Crippen molar-refractivity contribution in [3.05, 3.63) is 29.8 Å². The lowest BCUT2D eigenvalue weighted by Gasteiger charge is -2.15. The van der Waals surface area contributed by atoms with E-state index in [1.54, 1.807) is 7.11 Å². The molecule has 0 aromatic heterocycles. The third kappa shape index (κ3) is 4.75. The van der Waals surface area contributed by atoms with E-state index in [0.717, 1.165) is 17.7 Å². The van der Waals surface area contributed by atoms with Gasteiger partial charge >= 0.3 is 0 Å². The Kier molecular flexibility index (Phi) is 6.87. The zero-order chi connectivity index (χ0) is 13.2. The van der Waals surface area contributed by atoms with Gasteiger partial charge in [0.15, 0.2) is 0 Å². The summed E-state index contributed by atoms with van der Waals surface area (Å²) in [6, 6.07) is 7.86. The summed E-state index contributed by atoms with van der Waals surface area (Å²) in [5, 5.41) is 0. The number of rotatable bonds is 9. The van der Waals surface area contributed by atoms with Gasteiger partial charge in [-0.1, -0.05) is 19.1 Å². The Balaban J connectivity index is 2.63. The minimum absolute atomic E-state index is 0.209. The highest BCUT2D eigenvalue weighted by Gasteiger charge is 2.10. The largest absolute Gasteiger partial charge is 0.491 e. The van der Waals surface area contributed by atoms with Crippen molar-refractivity contribution in [1.29, 1.82) is 0 Å². The molecule has 4 heteroatoms. The summed E-state index contributed by atoms with van der Waals surface area (Å²) in [6.07, 6.45) is 0.912. The normalized spacial score (nSPS) is 11.9. The number of hydrogen-bond donors (Lipinski definition) is 0. The quantitative estimate of drug-likeness (QED) is 0.500. The fraction of sp³-hybridized carbons (Fsp3) is 0.500. The highest BCUT2D eigenvalue weighted by Crippen LogP contribution is 2.23. The Morgan fingerprint density at radius 1 is 1.33 bits per heavy atom. The standard InChI is InChI=1S/C14H20O4/c1-3-12(10-17-11-15)13-5-4-6-14(9-13)18-8-7-16-2/h4-6,9,11-12H,3,7-8,10H2,1-2H3. The summed E-state index contributed by atoms with van der Waals surface area (Å²) in [5.74, 6) is 1.02. The lowest BCUT2D eigenvalue weighted by atomic mass is 9.97. The van der Waals surface area contributed by atoms with Gasteiger partial charge in [-0.2, -0.15) is 0 Å². The molecule has 0 aliphatic heterocycles. The monoisotopic (exact) mass is 252 g/mol. The molecule has 0 aliphatic carbocycles. The third-order valence-corrected chi connectivity index (χ3v) is 2.74. The highest BCUT2D eigenvalue weighted by molar-refractivity contribution is 5.37. The average Bonchev–Trinajstić information content (AvgIpc) is 2.40. The molecule has 18 heavy (non-hydrogen) atoms. The van der Waals surface area contributed by atoms with Crippen LogP contribution in [0.1, 0.15) is 24.8 Å². The van der Waals surface area contributed by atoms with Gasteiger partial charge in [-0.25, -0.2) is 0 Å². The molecule has 0 fully saturated rings. The maximum atomic E-state index is 10.2. The Bertz CT molecular complexity index is 351. The van der Waals surface area contributed by atoms with E-state index in [-0.39, 0.29) is 5.92 Å². The molecule has 0 radical (unpaired) electrons. The smallest absolute Gasteiger partial charge is 0.293 e. The molecule has 0 N–H and O–H groups in total. The van der Waals surface area contributed by atoms with E-state index in [1.165, 1.54) is 0 Å². The zero-order valence-corrected chi connectivity index (χ0v) is 10.9. The Hall–Kier alpha value is -1.55. The molecule has 1 unspecified atom stereocenters. The summed E-state index contributed by atoms with van der Waals surface area (Å²) in [7, 11) is 1.64. The van der Waals surface area contributed by atoms with E-state index in [4.69, 9.17) is 14.2 Å². The number of methoxy groups -OCH3 is 1. The van der Waals surface area contributed by atoms with E-state index in [9.17, 15) is 4.79 Å². The van der Waals surface area contributed by atoms with Crippen molar-refractivity contribution in [3.63, 3.8) is 0 Å². The van der Waals surface area contributed by atoms with Crippen molar-refractivity contribution < 1.29 is 19.0 Å². The van der Waals surface area contributed by atoms with Gasteiger partial charge < -0.3 is 14.2 Å². The van der Waals surface area contributed by atoms with E-state index in [2.05, 4.69) is 6.92 Å². The van der Waals surface area contributed by atoms with Crippen molar-refractivity contribution in [2.75, 3.05) is 26.9 Å². The van der Waals surface area contributed by atoms with Crippen LogP contribution in [0, 0.1) is 0 Å². The van der Waals surface area contributed by atoms with Gasteiger partial charge in [0.1, 0.15) is 12.4 Å². The summed E-state index contributed by atoms with van der Waals surface area (Å²) < 4.78 is 15.3. The van der Waals surface area contributed by atoms with E-state index in [1.807, 2.05) is 24.3 Å². The fourth-order valence-electron chi connectivity index (χ4n) is 1.71. The van der Waals surface area contributed by atoms with Gasteiger partial charge in [-0.3, -0.25) is 4.79 Å². The van der Waals surface area contributed by atoms with E-state index >= 15 is 0 Å². The molecule has 0 heterocycles. The predicted molar refractivity (Wildman–Crippen MR) is 68.9 cm³/mol. The first kappa shape index (κ1) is 14.5. The minimum Gasteiger partial charge on any atom is -0.491 e. The number of benzene rings is 1. The number of carbonyl (C=O) groups is 1. The van der Waals surface area contributed by atoms with Crippen LogP contribution in [-0.4, -0.2) is 33.4 Å². The van der Waals surface area contributed by atoms with Gasteiger partial charge in [-0.05, 0) is 24.1 Å². The average molecular weight is 252 g/mol. The first-order chi connectivity index (χ1) is 8.81. The Morgan fingerprint density at radius 2 is 2.17 bits per heavy atom. The molecule has 1 rings (SSSR count). The summed E-state index contributed by atoms with van der Waals surface area (Å²) >= 11 is 0. The zero-order valence-electron chi connectivity index (χ0n) is 10.9. The first-order valence-corrected chi connectivity index (χ1v) is 6.08. The number of carbonyl (C=O) groups excluding carboxylic acids is 1. The van der Waals surface area contributed by atoms with Crippen LogP contribution in [0.15, 0.2) is 24.3 Å². The molecule has 1 aromatic rings. The molecule has 0 saturated heterocycles. The molecule has 1 atom stereocenters. The van der Waals surface area contributed by atoms with Crippen LogP contribution < -0.4 is 4.74 Å². The Labute approximate surface area is 108 Å². The molecular weight excluding hydrogens is 232 g/mol. The molecule has 4 nitrogen and oxygen atoms in total. The summed E-state index contributed by atoms with van der Waals surface area (Å²) in [5.41, 5.74) is 1.12. The van der Waals surface area contributed by atoms with Crippen LogP contribution in [-0.2, 0) is 14.3 Å². The second-order valence-corrected chi connectivity index (χ2v) is 3.95. The lowest BCUT2D eigenvalue weighted by Crippen LogP contribution is -2.08. The van der Waals surface area contributed by atoms with Gasteiger partial charge in [0.2, 0.25) is 0 Å². The van der Waals surface area contributed by atoms with Crippen molar-refractivity contribution in [3.8, 4) is 5.75 Å². The second-order valence-electron chi connectivity index (χ2n) is 3.95. The first-order valence-electron chi connectivity index (χ1n) is 6.08. The van der Waals surface area contributed by atoms with Gasteiger partial charge in [0.05, 0.1) is 13.2 Å². The second kappa shape index (κ2) is 8.53. The third-order valence-electron chi connectivity index (χ3n) is 2.74.